The molecule has 1 saturated heterocycles. The average Bonchev–Trinajstić information content (AvgIpc) is 3.69. The smallest absolute Gasteiger partial charge is 0.273 e. The van der Waals surface area contributed by atoms with E-state index in [1.165, 1.54) is 38.4 Å². The summed E-state index contributed by atoms with van der Waals surface area (Å²) in [7, 11) is 4.62. The van der Waals surface area contributed by atoms with E-state index in [1.54, 1.807) is 36.3 Å². The fraction of sp³-hybridized carbons (Fsp3) is 0.242. The van der Waals surface area contributed by atoms with Crippen molar-refractivity contribution in [2.75, 3.05) is 43.2 Å². The summed E-state index contributed by atoms with van der Waals surface area (Å²) in [4.78, 5) is 93.6. The van der Waals surface area contributed by atoms with E-state index >= 15 is 0 Å². The van der Waals surface area contributed by atoms with Gasteiger partial charge in [0.1, 0.15) is 12.4 Å². The first-order valence-electron chi connectivity index (χ1n) is 16.0. The normalized spacial score (nSPS) is 15.0. The first kappa shape index (κ1) is 35.6. The van der Waals surface area contributed by atoms with Crippen molar-refractivity contribution in [3.8, 4) is 17.1 Å². The van der Waals surface area contributed by atoms with E-state index in [1.807, 2.05) is 0 Å². The fourth-order valence-electron chi connectivity index (χ4n) is 5.74. The second kappa shape index (κ2) is 14.9. The number of amides is 7. The largest absolute Gasteiger partial charge is 0.494 e. The number of nitrogens with zero attached hydrogens (tertiary/aromatic N) is 6. The molecule has 0 spiro atoms. The number of benzene rings is 2. The predicted molar refractivity (Wildman–Crippen MR) is 185 cm³/mol. The highest BCUT2D eigenvalue weighted by Crippen LogP contribution is 2.37. The van der Waals surface area contributed by atoms with E-state index in [9.17, 15) is 33.6 Å². The van der Waals surface area contributed by atoms with Gasteiger partial charge in [-0.2, -0.15) is 5.10 Å². The molecule has 0 bridgehead atoms. The highest BCUT2D eigenvalue weighted by atomic mass is 16.5. The molecule has 2 aliphatic heterocycles. The minimum Gasteiger partial charge on any atom is -0.494 e. The van der Waals surface area contributed by atoms with Gasteiger partial charge in [0.15, 0.2) is 23.1 Å². The van der Waals surface area contributed by atoms with Crippen LogP contribution in [-0.4, -0.2) is 105 Å². The lowest BCUT2D eigenvalue weighted by atomic mass is 10.0. The average molecular weight is 725 g/mol. The van der Waals surface area contributed by atoms with E-state index in [0.29, 0.717) is 22.8 Å². The number of aromatic nitrogens is 5. The zero-order valence-corrected chi connectivity index (χ0v) is 28.5. The number of para-hydroxylation sites is 1. The molecule has 20 heteroatoms. The van der Waals surface area contributed by atoms with Gasteiger partial charge < -0.3 is 31.3 Å². The molecule has 0 saturated carbocycles. The van der Waals surface area contributed by atoms with Crippen LogP contribution < -0.4 is 36.6 Å². The zero-order chi connectivity index (χ0) is 37.8. The number of carbonyl (C=O) groups is 7. The van der Waals surface area contributed by atoms with Crippen LogP contribution in [-0.2, 0) is 26.2 Å². The molecule has 0 aliphatic carbocycles. The molecule has 1 fully saturated rings. The van der Waals surface area contributed by atoms with Crippen LogP contribution in [0.15, 0.2) is 48.8 Å². The lowest BCUT2D eigenvalue weighted by molar-refractivity contribution is -0.136. The third-order valence-electron chi connectivity index (χ3n) is 8.19. The number of piperidine rings is 1. The lowest BCUT2D eigenvalue weighted by Gasteiger charge is -2.27. The Labute approximate surface area is 300 Å². The molecule has 6 N–H and O–H groups in total. The first-order valence-corrected chi connectivity index (χ1v) is 16.0. The molecule has 20 nitrogen and oxygen atoms in total. The Morgan fingerprint density at radius 2 is 1.70 bits per heavy atom. The number of nitrogens with one attached hydrogen (secondary N) is 6. The second-order valence-corrected chi connectivity index (χ2v) is 11.7. The van der Waals surface area contributed by atoms with Gasteiger partial charge in [0.05, 0.1) is 48.3 Å². The Kier molecular flexibility index (Phi) is 10.0. The fourth-order valence-corrected chi connectivity index (χ4v) is 5.74. The zero-order valence-electron chi connectivity index (χ0n) is 28.5. The Balaban J connectivity index is 1.09. The van der Waals surface area contributed by atoms with Crippen LogP contribution in [0.1, 0.15) is 44.0 Å². The number of aryl methyl sites for hydroxylation is 1. The summed E-state index contributed by atoms with van der Waals surface area (Å²) in [5, 5.41) is 27.7. The van der Waals surface area contributed by atoms with Crippen molar-refractivity contribution >= 4 is 64.2 Å². The van der Waals surface area contributed by atoms with Crippen LogP contribution in [0.3, 0.4) is 0 Å². The van der Waals surface area contributed by atoms with Gasteiger partial charge in [-0.15, -0.1) is 10.2 Å². The maximum absolute atomic E-state index is 13.3. The molecule has 4 aromatic rings. The van der Waals surface area contributed by atoms with E-state index in [2.05, 4.69) is 52.2 Å². The van der Waals surface area contributed by atoms with Crippen LogP contribution in [0.2, 0.25) is 0 Å². The number of methoxy groups -OCH3 is 1. The minimum atomic E-state index is -1.14. The van der Waals surface area contributed by atoms with Crippen molar-refractivity contribution in [2.45, 2.75) is 18.9 Å². The van der Waals surface area contributed by atoms with Crippen molar-refractivity contribution in [1.82, 2.24) is 45.8 Å². The van der Waals surface area contributed by atoms with Crippen molar-refractivity contribution in [3.05, 3.63) is 65.6 Å². The van der Waals surface area contributed by atoms with Gasteiger partial charge in [0.2, 0.25) is 23.6 Å². The quantitative estimate of drug-likeness (QED) is 0.105. The number of carbonyl (C=O) groups excluding carboxylic acids is 7. The Morgan fingerprint density at radius 3 is 2.40 bits per heavy atom. The number of hydrogen-bond donors (Lipinski definition) is 6. The van der Waals surface area contributed by atoms with Gasteiger partial charge >= 0.3 is 0 Å². The molecule has 4 heterocycles. The van der Waals surface area contributed by atoms with Crippen molar-refractivity contribution in [2.24, 2.45) is 7.05 Å². The van der Waals surface area contributed by atoms with Gasteiger partial charge in [-0.25, -0.2) is 4.98 Å². The van der Waals surface area contributed by atoms with Crippen LogP contribution in [0.5, 0.6) is 5.75 Å². The molecule has 1 atom stereocenters. The molecule has 1 unspecified atom stereocenters. The minimum absolute atomic E-state index is 0.00179. The first-order chi connectivity index (χ1) is 25.5. The molecule has 6 rings (SSSR count). The molecule has 7 amide bonds. The molecule has 2 aromatic heterocycles. The molecule has 2 aromatic carbocycles. The third-order valence-corrected chi connectivity index (χ3v) is 8.19. The van der Waals surface area contributed by atoms with Crippen LogP contribution in [0.25, 0.3) is 11.4 Å². The molecule has 272 valence electrons. The van der Waals surface area contributed by atoms with Crippen LogP contribution in [0, 0.1) is 0 Å². The molecular weight excluding hydrogens is 692 g/mol. The van der Waals surface area contributed by atoms with Crippen molar-refractivity contribution in [1.29, 1.82) is 0 Å². The van der Waals surface area contributed by atoms with Crippen molar-refractivity contribution < 1.29 is 38.3 Å². The summed E-state index contributed by atoms with van der Waals surface area (Å²) in [6, 6.07) is 9.88. The molecular formula is C33H32N12O8. The van der Waals surface area contributed by atoms with Crippen molar-refractivity contribution in [3.63, 3.8) is 0 Å². The maximum atomic E-state index is 13.3. The topological polar surface area (TPSA) is 261 Å². The highest BCUT2D eigenvalue weighted by Gasteiger charge is 2.45. The summed E-state index contributed by atoms with van der Waals surface area (Å²) >= 11 is 0. The Bertz CT molecular complexity index is 2180. The third kappa shape index (κ3) is 7.31. The summed E-state index contributed by atoms with van der Waals surface area (Å²) < 4.78 is 7.18. The molecule has 2 aliphatic rings. The number of ether oxygens (including phenoxy) is 1. The number of fused-ring (bicyclic) bond motifs is 1. The standard InChI is InChI=1S/C33H32N12O8/c1-34-31(50)27-20(38-19-9-5-7-17(28(19)53-3)29-37-15-44(2)43-29)12-22(41-42-27)39-25(48)14-36-24(47)13-35-18-8-4-6-16-26(18)33(52)45(32(16)51)21-10-11-23(46)40-30(21)49/h4-9,12,15,21,35H,10-11,13-14H2,1-3H3,(H,34,50)(H,36,47)(H,40,46,49)(H2,38,39,41,48). The predicted octanol–water partition coefficient (Wildman–Crippen LogP) is -0.0481. The van der Waals surface area contributed by atoms with E-state index in [-0.39, 0.29) is 53.4 Å². The summed E-state index contributed by atoms with van der Waals surface area (Å²) in [6.45, 7) is -0.865. The van der Waals surface area contributed by atoms with Gasteiger partial charge in [-0.3, -0.25) is 48.5 Å². The summed E-state index contributed by atoms with van der Waals surface area (Å²) in [6.07, 6.45) is 1.52. The van der Waals surface area contributed by atoms with Crippen LogP contribution >= 0.6 is 0 Å². The Morgan fingerprint density at radius 1 is 0.943 bits per heavy atom. The summed E-state index contributed by atoms with van der Waals surface area (Å²) in [5.74, 6) is -3.78. The number of anilines is 4. The molecule has 0 radical (unpaired) electrons. The summed E-state index contributed by atoms with van der Waals surface area (Å²) in [5.41, 5.74) is 1.29. The number of imide groups is 2. The van der Waals surface area contributed by atoms with E-state index < -0.39 is 53.9 Å². The monoisotopic (exact) mass is 724 g/mol. The van der Waals surface area contributed by atoms with Gasteiger partial charge in [0, 0.05) is 32.3 Å². The highest BCUT2D eigenvalue weighted by molar-refractivity contribution is 6.25. The van der Waals surface area contributed by atoms with Gasteiger partial charge in [-0.05, 0) is 30.7 Å². The second-order valence-electron chi connectivity index (χ2n) is 11.7. The maximum Gasteiger partial charge on any atom is 0.273 e. The Hall–Kier alpha value is -7.25. The lowest BCUT2D eigenvalue weighted by Crippen LogP contribution is -2.54. The molecule has 53 heavy (non-hydrogen) atoms. The van der Waals surface area contributed by atoms with Gasteiger partial charge in [-0.1, -0.05) is 12.1 Å². The number of hydrogen-bond acceptors (Lipinski definition) is 14. The van der Waals surface area contributed by atoms with E-state index in [0.717, 1.165) is 4.90 Å². The van der Waals surface area contributed by atoms with E-state index in [4.69, 9.17) is 4.74 Å². The van der Waals surface area contributed by atoms with Gasteiger partial charge in [0.25, 0.3) is 17.7 Å². The van der Waals surface area contributed by atoms with Crippen LogP contribution in [0.4, 0.5) is 22.9 Å². The SMILES string of the molecule is CNC(=O)c1nnc(NC(=O)CNC(=O)CNc2cccc3c2C(=O)N(C2CCC(=O)NC2=O)C3=O)cc1Nc1cccc(-c2ncn(C)n2)c1OC. The number of rotatable bonds is 12.